The molecular weight excluding hydrogens is 272 g/mol. The molecule has 0 saturated carbocycles. The van der Waals surface area contributed by atoms with E-state index in [0.29, 0.717) is 6.61 Å². The Kier molecular flexibility index (Phi) is 6.95. The molecule has 2 nitrogen and oxygen atoms in total. The summed E-state index contributed by atoms with van der Waals surface area (Å²) in [7, 11) is 0. The molecule has 1 atom stereocenters. The number of hydrogen-bond donors (Lipinski definition) is 0. The molecule has 22 heavy (non-hydrogen) atoms. The first kappa shape index (κ1) is 16.5. The zero-order valence-corrected chi connectivity index (χ0v) is 13.5. The van der Waals surface area contributed by atoms with Crippen LogP contribution in [0.25, 0.3) is 0 Å². The molecule has 1 unspecified atom stereocenters. The third-order valence-electron chi connectivity index (χ3n) is 4.17. The molecule has 1 aromatic rings. The van der Waals surface area contributed by atoms with Gasteiger partial charge in [-0.2, -0.15) is 0 Å². The smallest absolute Gasteiger partial charge is 0.330 e. The van der Waals surface area contributed by atoms with Gasteiger partial charge in [-0.1, -0.05) is 48.1 Å². The van der Waals surface area contributed by atoms with Crippen LogP contribution in [0, 0.1) is 5.92 Å². The normalized spacial score (nSPS) is 18.8. The van der Waals surface area contributed by atoms with Gasteiger partial charge in [-0.15, -0.1) is 0 Å². The van der Waals surface area contributed by atoms with Crippen LogP contribution < -0.4 is 0 Å². The summed E-state index contributed by atoms with van der Waals surface area (Å²) in [5.41, 5.74) is 2.90. The van der Waals surface area contributed by atoms with E-state index in [0.717, 1.165) is 25.2 Å². The lowest BCUT2D eigenvalue weighted by molar-refractivity contribution is -0.137. The average Bonchev–Trinajstić information content (AvgIpc) is 2.74. The van der Waals surface area contributed by atoms with Gasteiger partial charge in [0.05, 0.1) is 6.61 Å². The molecular formula is C20H26O2. The van der Waals surface area contributed by atoms with Crippen molar-refractivity contribution >= 4 is 5.97 Å². The van der Waals surface area contributed by atoms with E-state index in [-0.39, 0.29) is 5.97 Å². The van der Waals surface area contributed by atoms with Crippen LogP contribution in [0.5, 0.6) is 0 Å². The first-order chi connectivity index (χ1) is 10.8. The van der Waals surface area contributed by atoms with Crippen LogP contribution >= 0.6 is 0 Å². The lowest BCUT2D eigenvalue weighted by atomic mass is 9.91. The molecule has 0 spiro atoms. The van der Waals surface area contributed by atoms with E-state index in [1.54, 1.807) is 6.08 Å². The maximum absolute atomic E-state index is 11.3. The maximum Gasteiger partial charge on any atom is 0.330 e. The molecule has 2 rings (SSSR count). The zero-order valence-electron chi connectivity index (χ0n) is 13.5. The highest BCUT2D eigenvalue weighted by Crippen LogP contribution is 2.27. The lowest BCUT2D eigenvalue weighted by Gasteiger charge is -2.14. The number of rotatable bonds is 6. The van der Waals surface area contributed by atoms with E-state index in [4.69, 9.17) is 4.74 Å². The maximum atomic E-state index is 11.3. The standard InChI is InChI=1S/C20H26O2/c1-2-22-20(21)13-7-11-17-10-6-12-19(15-14-17)16-18-8-4-3-5-9-18/h3-5,7-10,13,19H,2,6,11-12,14-16H2,1H3. The molecule has 118 valence electrons. The Balaban J connectivity index is 1.77. The molecule has 0 heterocycles. The minimum atomic E-state index is -0.237. The van der Waals surface area contributed by atoms with Gasteiger partial charge in [0, 0.05) is 6.08 Å². The predicted octanol–water partition coefficient (Wildman–Crippen LogP) is 4.86. The minimum absolute atomic E-state index is 0.237. The van der Waals surface area contributed by atoms with Gasteiger partial charge < -0.3 is 4.74 Å². The zero-order chi connectivity index (χ0) is 15.6. The van der Waals surface area contributed by atoms with Crippen LogP contribution in [0.2, 0.25) is 0 Å². The van der Waals surface area contributed by atoms with Crippen molar-refractivity contribution in [2.45, 2.75) is 45.4 Å². The molecule has 0 N–H and O–H groups in total. The van der Waals surface area contributed by atoms with E-state index in [2.05, 4.69) is 36.4 Å². The highest BCUT2D eigenvalue weighted by molar-refractivity contribution is 5.81. The third kappa shape index (κ3) is 5.88. The first-order valence-electron chi connectivity index (χ1n) is 8.33. The number of esters is 1. The Morgan fingerprint density at radius 2 is 2.09 bits per heavy atom. The summed E-state index contributed by atoms with van der Waals surface area (Å²) in [6.07, 6.45) is 12.7. The van der Waals surface area contributed by atoms with Crippen molar-refractivity contribution in [2.75, 3.05) is 6.61 Å². The monoisotopic (exact) mass is 298 g/mol. The van der Waals surface area contributed by atoms with Gasteiger partial charge in [0.15, 0.2) is 0 Å². The first-order valence-corrected chi connectivity index (χ1v) is 8.33. The second-order valence-electron chi connectivity index (χ2n) is 5.89. The van der Waals surface area contributed by atoms with Gasteiger partial charge in [-0.3, -0.25) is 0 Å². The van der Waals surface area contributed by atoms with Crippen LogP contribution in [-0.2, 0) is 16.0 Å². The minimum Gasteiger partial charge on any atom is -0.463 e. The SMILES string of the molecule is CCOC(=O)C=CCC1=CCCC(Cc2ccccc2)CC1. The summed E-state index contributed by atoms with van der Waals surface area (Å²) in [6, 6.07) is 10.8. The second kappa shape index (κ2) is 9.24. The molecule has 1 aliphatic carbocycles. The number of carbonyl (C=O) groups is 1. The molecule has 0 saturated heterocycles. The molecule has 0 bridgehead atoms. The quantitative estimate of drug-likeness (QED) is 0.426. The summed E-state index contributed by atoms with van der Waals surface area (Å²) in [6.45, 7) is 2.26. The van der Waals surface area contributed by atoms with Crippen molar-refractivity contribution in [2.24, 2.45) is 5.92 Å². The van der Waals surface area contributed by atoms with Crippen molar-refractivity contribution in [3.63, 3.8) is 0 Å². The fourth-order valence-corrected chi connectivity index (χ4v) is 2.99. The van der Waals surface area contributed by atoms with Crippen molar-refractivity contribution in [3.8, 4) is 0 Å². The summed E-state index contributed by atoms with van der Waals surface area (Å²) >= 11 is 0. The molecule has 0 fully saturated rings. The Bertz CT molecular complexity index is 514. The highest BCUT2D eigenvalue weighted by atomic mass is 16.5. The molecule has 0 aromatic heterocycles. The Morgan fingerprint density at radius 3 is 2.86 bits per heavy atom. The Morgan fingerprint density at radius 1 is 1.27 bits per heavy atom. The highest BCUT2D eigenvalue weighted by Gasteiger charge is 2.13. The van der Waals surface area contributed by atoms with E-state index < -0.39 is 0 Å². The number of hydrogen-bond acceptors (Lipinski definition) is 2. The topological polar surface area (TPSA) is 26.3 Å². The number of carbonyl (C=O) groups excluding carboxylic acids is 1. The van der Waals surface area contributed by atoms with Gasteiger partial charge in [0.2, 0.25) is 0 Å². The van der Waals surface area contributed by atoms with E-state index in [1.165, 1.54) is 30.4 Å². The van der Waals surface area contributed by atoms with Crippen molar-refractivity contribution in [3.05, 3.63) is 59.7 Å². The van der Waals surface area contributed by atoms with E-state index >= 15 is 0 Å². The van der Waals surface area contributed by atoms with Crippen LogP contribution in [0.4, 0.5) is 0 Å². The predicted molar refractivity (Wildman–Crippen MR) is 90.6 cm³/mol. The van der Waals surface area contributed by atoms with Gasteiger partial charge in [-0.05, 0) is 56.9 Å². The number of ether oxygens (including phenoxy) is 1. The molecule has 0 aliphatic heterocycles. The number of benzene rings is 1. The van der Waals surface area contributed by atoms with Gasteiger partial charge >= 0.3 is 5.97 Å². The van der Waals surface area contributed by atoms with E-state index in [1.807, 2.05) is 13.0 Å². The van der Waals surface area contributed by atoms with Gasteiger partial charge in [0.25, 0.3) is 0 Å². The fourth-order valence-electron chi connectivity index (χ4n) is 2.99. The molecule has 0 radical (unpaired) electrons. The van der Waals surface area contributed by atoms with Gasteiger partial charge in [-0.25, -0.2) is 4.79 Å². The third-order valence-corrected chi connectivity index (χ3v) is 4.17. The average molecular weight is 298 g/mol. The summed E-state index contributed by atoms with van der Waals surface area (Å²) in [5.74, 6) is 0.531. The molecule has 1 aromatic carbocycles. The second-order valence-corrected chi connectivity index (χ2v) is 5.89. The lowest BCUT2D eigenvalue weighted by Crippen LogP contribution is -2.03. The van der Waals surface area contributed by atoms with Crippen LogP contribution in [0.15, 0.2) is 54.1 Å². The Hall–Kier alpha value is -1.83. The summed E-state index contributed by atoms with van der Waals surface area (Å²) in [4.78, 5) is 11.3. The van der Waals surface area contributed by atoms with Crippen molar-refractivity contribution in [1.82, 2.24) is 0 Å². The van der Waals surface area contributed by atoms with Crippen molar-refractivity contribution < 1.29 is 9.53 Å². The largest absolute Gasteiger partial charge is 0.463 e. The molecule has 2 heteroatoms. The molecule has 1 aliphatic rings. The summed E-state index contributed by atoms with van der Waals surface area (Å²) < 4.78 is 4.89. The number of allylic oxidation sites excluding steroid dienone is 3. The van der Waals surface area contributed by atoms with E-state index in [9.17, 15) is 4.79 Å². The van der Waals surface area contributed by atoms with Crippen LogP contribution in [-0.4, -0.2) is 12.6 Å². The van der Waals surface area contributed by atoms with Crippen LogP contribution in [0.1, 0.15) is 44.6 Å². The van der Waals surface area contributed by atoms with Gasteiger partial charge in [0.1, 0.15) is 0 Å². The van der Waals surface area contributed by atoms with Crippen molar-refractivity contribution in [1.29, 1.82) is 0 Å². The van der Waals surface area contributed by atoms with Crippen LogP contribution in [0.3, 0.4) is 0 Å². The molecule has 0 amide bonds. The summed E-state index contributed by atoms with van der Waals surface area (Å²) in [5, 5.41) is 0. The fraction of sp³-hybridized carbons (Fsp3) is 0.450. The Labute approximate surface area is 133 Å².